The molecule has 2 fully saturated rings. The summed E-state index contributed by atoms with van der Waals surface area (Å²) in [6, 6.07) is 7.01. The predicted molar refractivity (Wildman–Crippen MR) is 102 cm³/mol. The van der Waals surface area contributed by atoms with Crippen molar-refractivity contribution in [3.8, 4) is 5.75 Å². The van der Waals surface area contributed by atoms with Crippen LogP contribution in [0.2, 0.25) is 0 Å². The highest BCUT2D eigenvalue weighted by atomic mass is 32.2. The number of hydrogen-bond donors (Lipinski definition) is 0. The second-order valence-corrected chi connectivity index (χ2v) is 10.0. The number of methoxy groups -OCH3 is 1. The second kappa shape index (κ2) is 7.28. The zero-order chi connectivity index (χ0) is 20.9. The number of alkyl halides is 3. The van der Waals surface area contributed by atoms with Gasteiger partial charge in [-0.25, -0.2) is 0 Å². The van der Waals surface area contributed by atoms with Crippen LogP contribution in [0.3, 0.4) is 0 Å². The molecule has 9 heteroatoms. The molecule has 160 valence electrons. The molecule has 0 amide bonds. The molecule has 4 rings (SSSR count). The van der Waals surface area contributed by atoms with Crippen LogP contribution in [0.1, 0.15) is 31.2 Å². The number of nitrogens with zero attached hydrogens (tertiary/aromatic N) is 2. The van der Waals surface area contributed by atoms with Gasteiger partial charge in [-0.3, -0.25) is 0 Å². The Morgan fingerprint density at radius 1 is 1.10 bits per heavy atom. The van der Waals surface area contributed by atoms with Gasteiger partial charge in [0.2, 0.25) is 0 Å². The van der Waals surface area contributed by atoms with Crippen molar-refractivity contribution in [1.82, 2.24) is 8.61 Å². The maximum absolute atomic E-state index is 13.3. The van der Waals surface area contributed by atoms with Crippen LogP contribution in [0.15, 0.2) is 36.4 Å². The molecule has 1 aliphatic heterocycles. The molecule has 29 heavy (non-hydrogen) atoms. The van der Waals surface area contributed by atoms with Crippen molar-refractivity contribution in [2.75, 3.05) is 20.2 Å². The lowest BCUT2D eigenvalue weighted by Crippen LogP contribution is -2.53. The quantitative estimate of drug-likeness (QED) is 0.684. The molecule has 1 saturated heterocycles. The summed E-state index contributed by atoms with van der Waals surface area (Å²) in [7, 11) is -2.70. The summed E-state index contributed by atoms with van der Waals surface area (Å²) in [5.74, 6) is 0.695. The van der Waals surface area contributed by atoms with Crippen LogP contribution >= 0.6 is 0 Å². The number of halogens is 3. The number of benzene rings is 1. The average molecular weight is 430 g/mol. The van der Waals surface area contributed by atoms with Gasteiger partial charge in [0.25, 0.3) is 10.2 Å². The van der Waals surface area contributed by atoms with E-state index in [-0.39, 0.29) is 24.9 Å². The highest BCUT2D eigenvalue weighted by molar-refractivity contribution is 7.87. The van der Waals surface area contributed by atoms with Crippen LogP contribution in [0.5, 0.6) is 5.75 Å². The molecule has 1 aromatic carbocycles. The first-order valence-electron chi connectivity index (χ1n) is 9.79. The smallest absolute Gasteiger partial charge is 0.402 e. The summed E-state index contributed by atoms with van der Waals surface area (Å²) in [6.45, 7) is -1.47. The van der Waals surface area contributed by atoms with E-state index in [2.05, 4.69) is 12.2 Å². The standard InChI is InChI=1S/C20H25F3N2O3S/c1-28-18-10-6-15(7-11-18)12-25-19(16-4-2-3-5-17(19)9-8-16)13-24(29(25,26)27)14-20(21,22)23/h2-3,6-7,10-11,16-17H,4-5,8-9,12-14H2,1H3. The van der Waals surface area contributed by atoms with E-state index in [0.29, 0.717) is 22.9 Å². The maximum Gasteiger partial charge on any atom is 0.402 e. The summed E-state index contributed by atoms with van der Waals surface area (Å²) >= 11 is 0. The molecule has 1 saturated carbocycles. The normalized spacial score (nSPS) is 32.0. The third kappa shape index (κ3) is 3.57. The van der Waals surface area contributed by atoms with Gasteiger partial charge in [-0.2, -0.15) is 30.2 Å². The van der Waals surface area contributed by atoms with E-state index >= 15 is 0 Å². The van der Waals surface area contributed by atoms with Gasteiger partial charge in [-0.1, -0.05) is 24.3 Å². The minimum absolute atomic E-state index is 0.0255. The van der Waals surface area contributed by atoms with E-state index in [0.717, 1.165) is 18.4 Å². The first kappa shape index (κ1) is 20.7. The number of hydrogen-bond acceptors (Lipinski definition) is 3. The minimum Gasteiger partial charge on any atom is -0.497 e. The first-order chi connectivity index (χ1) is 13.7. The molecule has 2 unspecified atom stereocenters. The minimum atomic E-state index is -4.58. The van der Waals surface area contributed by atoms with E-state index in [1.807, 2.05) is 0 Å². The fourth-order valence-electron chi connectivity index (χ4n) is 5.33. The molecule has 1 heterocycles. The van der Waals surface area contributed by atoms with Gasteiger partial charge in [-0.15, -0.1) is 0 Å². The van der Waals surface area contributed by atoms with Crippen LogP contribution < -0.4 is 4.74 Å². The second-order valence-electron chi connectivity index (χ2n) is 8.15. The lowest BCUT2D eigenvalue weighted by molar-refractivity contribution is -0.136. The molecule has 0 N–H and O–H groups in total. The van der Waals surface area contributed by atoms with E-state index in [1.165, 1.54) is 4.31 Å². The van der Waals surface area contributed by atoms with E-state index in [4.69, 9.17) is 4.74 Å². The molecule has 2 aliphatic carbocycles. The molecular formula is C20H25F3N2O3S. The molecule has 2 bridgehead atoms. The lowest BCUT2D eigenvalue weighted by atomic mass is 9.78. The number of ether oxygens (including phenoxy) is 1. The third-order valence-electron chi connectivity index (χ3n) is 6.63. The summed E-state index contributed by atoms with van der Waals surface area (Å²) in [5.41, 5.74) is -0.0627. The van der Waals surface area contributed by atoms with E-state index < -0.39 is 28.5 Å². The van der Waals surface area contributed by atoms with Gasteiger partial charge in [0.15, 0.2) is 0 Å². The number of rotatable bonds is 4. The summed E-state index contributed by atoms with van der Waals surface area (Å²) in [5, 5.41) is 0. The lowest BCUT2D eigenvalue weighted by Gasteiger charge is -2.41. The van der Waals surface area contributed by atoms with Gasteiger partial charge in [0.1, 0.15) is 12.3 Å². The summed E-state index contributed by atoms with van der Waals surface area (Å²) < 4.78 is 73.3. The fourth-order valence-corrected chi connectivity index (χ4v) is 7.38. The van der Waals surface area contributed by atoms with Crippen molar-refractivity contribution >= 4 is 10.2 Å². The Kier molecular flexibility index (Phi) is 5.19. The molecule has 2 atom stereocenters. The van der Waals surface area contributed by atoms with Gasteiger partial charge in [-0.05, 0) is 55.2 Å². The highest BCUT2D eigenvalue weighted by Gasteiger charge is 2.64. The zero-order valence-electron chi connectivity index (χ0n) is 16.2. The van der Waals surface area contributed by atoms with Crippen molar-refractivity contribution < 1.29 is 26.3 Å². The van der Waals surface area contributed by atoms with E-state index in [1.54, 1.807) is 31.4 Å². The van der Waals surface area contributed by atoms with Gasteiger partial charge in [0, 0.05) is 13.1 Å². The fraction of sp³-hybridized carbons (Fsp3) is 0.600. The Morgan fingerprint density at radius 3 is 2.21 bits per heavy atom. The Morgan fingerprint density at radius 2 is 1.69 bits per heavy atom. The van der Waals surface area contributed by atoms with Crippen molar-refractivity contribution in [3.63, 3.8) is 0 Å². The van der Waals surface area contributed by atoms with Crippen molar-refractivity contribution in [2.45, 2.75) is 43.9 Å². The molecule has 1 aromatic rings. The van der Waals surface area contributed by atoms with Crippen molar-refractivity contribution in [2.24, 2.45) is 11.8 Å². The summed E-state index contributed by atoms with van der Waals surface area (Å²) in [6.07, 6.45) is 2.60. The Balaban J connectivity index is 1.75. The third-order valence-corrected chi connectivity index (χ3v) is 8.56. The highest BCUT2D eigenvalue weighted by Crippen LogP contribution is 2.55. The molecule has 5 nitrogen and oxygen atoms in total. The predicted octanol–water partition coefficient (Wildman–Crippen LogP) is 3.73. The molecule has 1 spiro atoms. The Labute approximate surface area is 169 Å². The Bertz CT molecular complexity index is 867. The van der Waals surface area contributed by atoms with Crippen LogP contribution in [0, 0.1) is 11.8 Å². The van der Waals surface area contributed by atoms with Crippen LogP contribution in [-0.2, 0) is 16.8 Å². The van der Waals surface area contributed by atoms with Crippen LogP contribution in [-0.4, -0.2) is 48.9 Å². The molecule has 3 aliphatic rings. The summed E-state index contributed by atoms with van der Waals surface area (Å²) in [4.78, 5) is 0. The molecule has 0 aromatic heterocycles. The Hall–Kier alpha value is -1.58. The van der Waals surface area contributed by atoms with Crippen LogP contribution in [0.25, 0.3) is 0 Å². The monoisotopic (exact) mass is 430 g/mol. The first-order valence-corrected chi connectivity index (χ1v) is 11.2. The van der Waals surface area contributed by atoms with E-state index in [9.17, 15) is 21.6 Å². The van der Waals surface area contributed by atoms with Gasteiger partial charge >= 0.3 is 6.18 Å². The van der Waals surface area contributed by atoms with Crippen molar-refractivity contribution in [1.29, 1.82) is 0 Å². The van der Waals surface area contributed by atoms with Gasteiger partial charge in [0.05, 0.1) is 12.6 Å². The SMILES string of the molecule is COc1ccc(CN2C3(CN(CC(F)(F)F)S2(=O)=O)C2CC=CCC3CC2)cc1. The van der Waals surface area contributed by atoms with Crippen LogP contribution in [0.4, 0.5) is 13.2 Å². The van der Waals surface area contributed by atoms with Gasteiger partial charge < -0.3 is 4.74 Å². The molecular weight excluding hydrogens is 405 g/mol. The topological polar surface area (TPSA) is 49.9 Å². The zero-order valence-corrected chi connectivity index (χ0v) is 17.0. The molecule has 0 radical (unpaired) electrons. The number of allylic oxidation sites excluding steroid dienone is 2. The average Bonchev–Trinajstić information content (AvgIpc) is 2.98. The maximum atomic E-state index is 13.3. The van der Waals surface area contributed by atoms with Crippen molar-refractivity contribution in [3.05, 3.63) is 42.0 Å². The largest absolute Gasteiger partial charge is 0.497 e.